The molecule has 1 rings (SSSR count). The van der Waals surface area contributed by atoms with Crippen LogP contribution in [0.25, 0.3) is 0 Å². The first-order chi connectivity index (χ1) is 8.41. The lowest BCUT2D eigenvalue weighted by molar-refractivity contribution is 0.0950. The normalized spacial score (nSPS) is 10.6. The molecule has 1 N–H and O–H groups in total. The molecule has 0 saturated carbocycles. The molecular formula is C13H22N4O. The second-order valence-corrected chi connectivity index (χ2v) is 5.00. The topological polar surface area (TPSA) is 58.1 Å². The molecule has 0 bridgehead atoms. The summed E-state index contributed by atoms with van der Waals surface area (Å²) in [6.07, 6.45) is 2.56. The Kier molecular flexibility index (Phi) is 5.07. The van der Waals surface area contributed by atoms with Gasteiger partial charge in [0, 0.05) is 26.8 Å². The Morgan fingerprint density at radius 1 is 1.44 bits per heavy atom. The second-order valence-electron chi connectivity index (χ2n) is 5.00. The van der Waals surface area contributed by atoms with Crippen molar-refractivity contribution in [3.8, 4) is 0 Å². The van der Waals surface area contributed by atoms with Gasteiger partial charge < -0.3 is 10.2 Å². The van der Waals surface area contributed by atoms with Crippen molar-refractivity contribution >= 4 is 11.9 Å². The summed E-state index contributed by atoms with van der Waals surface area (Å²) in [4.78, 5) is 22.2. The van der Waals surface area contributed by atoms with Gasteiger partial charge in [-0.15, -0.1) is 0 Å². The maximum atomic E-state index is 11.9. The van der Waals surface area contributed by atoms with Gasteiger partial charge in [0.05, 0.1) is 11.3 Å². The number of amides is 1. The summed E-state index contributed by atoms with van der Waals surface area (Å²) in [7, 11) is 3.74. The minimum absolute atomic E-state index is 0.0987. The van der Waals surface area contributed by atoms with Crippen LogP contribution in [0.3, 0.4) is 0 Å². The van der Waals surface area contributed by atoms with E-state index in [9.17, 15) is 4.79 Å². The van der Waals surface area contributed by atoms with Gasteiger partial charge in [-0.3, -0.25) is 4.79 Å². The highest BCUT2D eigenvalue weighted by molar-refractivity contribution is 5.94. The quantitative estimate of drug-likeness (QED) is 0.863. The van der Waals surface area contributed by atoms with E-state index in [-0.39, 0.29) is 5.91 Å². The molecule has 5 heteroatoms. The van der Waals surface area contributed by atoms with E-state index >= 15 is 0 Å². The third-order valence-electron chi connectivity index (χ3n) is 2.62. The van der Waals surface area contributed by atoms with Crippen molar-refractivity contribution in [3.63, 3.8) is 0 Å². The standard InChI is InChI=1S/C13H22N4O/c1-9(2)6-7-14-12(18)11-8-15-13(17(4)5)16-10(11)3/h8-9H,6-7H2,1-5H3,(H,14,18). The highest BCUT2D eigenvalue weighted by Crippen LogP contribution is 2.09. The molecule has 0 fully saturated rings. The zero-order chi connectivity index (χ0) is 13.7. The van der Waals surface area contributed by atoms with Gasteiger partial charge in [0.15, 0.2) is 0 Å². The van der Waals surface area contributed by atoms with Crippen LogP contribution in [-0.2, 0) is 0 Å². The lowest BCUT2D eigenvalue weighted by Crippen LogP contribution is -2.27. The molecule has 0 radical (unpaired) electrons. The largest absolute Gasteiger partial charge is 0.352 e. The number of hydrogen-bond acceptors (Lipinski definition) is 4. The number of aromatic nitrogens is 2. The summed E-state index contributed by atoms with van der Waals surface area (Å²) >= 11 is 0. The van der Waals surface area contributed by atoms with E-state index in [0.29, 0.717) is 29.7 Å². The Hall–Kier alpha value is -1.65. The van der Waals surface area contributed by atoms with E-state index < -0.39 is 0 Å². The number of hydrogen-bond donors (Lipinski definition) is 1. The van der Waals surface area contributed by atoms with Gasteiger partial charge in [-0.05, 0) is 19.3 Å². The number of carbonyl (C=O) groups excluding carboxylic acids is 1. The molecule has 100 valence electrons. The van der Waals surface area contributed by atoms with Crippen molar-refractivity contribution in [3.05, 3.63) is 17.5 Å². The van der Waals surface area contributed by atoms with Crippen LogP contribution >= 0.6 is 0 Å². The first kappa shape index (κ1) is 14.4. The first-order valence-electron chi connectivity index (χ1n) is 6.21. The van der Waals surface area contributed by atoms with Gasteiger partial charge in [-0.2, -0.15) is 0 Å². The number of aryl methyl sites for hydroxylation is 1. The maximum Gasteiger partial charge on any atom is 0.254 e. The van der Waals surface area contributed by atoms with Gasteiger partial charge in [0.25, 0.3) is 5.91 Å². The molecule has 0 saturated heterocycles. The Labute approximate surface area is 109 Å². The molecule has 0 aliphatic heterocycles. The average Bonchev–Trinajstić information content (AvgIpc) is 2.27. The third kappa shape index (κ3) is 3.98. The van der Waals surface area contributed by atoms with Gasteiger partial charge in [0.2, 0.25) is 5.95 Å². The predicted octanol–water partition coefficient (Wildman–Crippen LogP) is 1.63. The molecule has 1 aromatic rings. The van der Waals surface area contributed by atoms with Gasteiger partial charge in [-0.1, -0.05) is 13.8 Å². The van der Waals surface area contributed by atoms with Crippen LogP contribution in [0.15, 0.2) is 6.20 Å². The Bertz CT molecular complexity index is 415. The molecule has 1 aromatic heterocycles. The zero-order valence-electron chi connectivity index (χ0n) is 11.8. The molecule has 1 amide bonds. The Morgan fingerprint density at radius 2 is 2.11 bits per heavy atom. The summed E-state index contributed by atoms with van der Waals surface area (Å²) in [5.74, 6) is 1.10. The summed E-state index contributed by atoms with van der Waals surface area (Å²) < 4.78 is 0. The Morgan fingerprint density at radius 3 is 2.61 bits per heavy atom. The monoisotopic (exact) mass is 250 g/mol. The molecule has 1 heterocycles. The smallest absolute Gasteiger partial charge is 0.254 e. The summed E-state index contributed by atoms with van der Waals surface area (Å²) in [5.41, 5.74) is 1.25. The fourth-order valence-electron chi connectivity index (χ4n) is 1.46. The van der Waals surface area contributed by atoms with Crippen LogP contribution in [0.4, 0.5) is 5.95 Å². The molecule has 0 aliphatic rings. The third-order valence-corrected chi connectivity index (χ3v) is 2.62. The highest BCUT2D eigenvalue weighted by atomic mass is 16.1. The fourth-order valence-corrected chi connectivity index (χ4v) is 1.46. The number of nitrogens with zero attached hydrogens (tertiary/aromatic N) is 3. The van der Waals surface area contributed by atoms with Gasteiger partial charge >= 0.3 is 0 Å². The SMILES string of the molecule is Cc1nc(N(C)C)ncc1C(=O)NCCC(C)C. The van der Waals surface area contributed by atoms with Crippen molar-refractivity contribution in [2.24, 2.45) is 5.92 Å². The molecule has 18 heavy (non-hydrogen) atoms. The fraction of sp³-hybridized carbons (Fsp3) is 0.615. The lowest BCUT2D eigenvalue weighted by atomic mass is 10.1. The van der Waals surface area contributed by atoms with Crippen LogP contribution in [0.2, 0.25) is 0 Å². The van der Waals surface area contributed by atoms with E-state index in [2.05, 4.69) is 29.1 Å². The molecule has 0 unspecified atom stereocenters. The van der Waals surface area contributed by atoms with E-state index in [4.69, 9.17) is 0 Å². The van der Waals surface area contributed by atoms with Crippen molar-refractivity contribution in [2.75, 3.05) is 25.5 Å². The van der Waals surface area contributed by atoms with Crippen LogP contribution in [0.1, 0.15) is 36.3 Å². The molecule has 0 aromatic carbocycles. The van der Waals surface area contributed by atoms with Gasteiger partial charge in [-0.25, -0.2) is 9.97 Å². The van der Waals surface area contributed by atoms with E-state index in [0.717, 1.165) is 6.42 Å². The second kappa shape index (κ2) is 6.33. The van der Waals surface area contributed by atoms with E-state index in [1.54, 1.807) is 6.20 Å². The minimum Gasteiger partial charge on any atom is -0.352 e. The van der Waals surface area contributed by atoms with Crippen molar-refractivity contribution in [2.45, 2.75) is 27.2 Å². The Balaban J connectivity index is 2.69. The first-order valence-corrected chi connectivity index (χ1v) is 6.21. The molecule has 0 aliphatic carbocycles. The van der Waals surface area contributed by atoms with Crippen molar-refractivity contribution in [1.29, 1.82) is 0 Å². The van der Waals surface area contributed by atoms with Gasteiger partial charge in [0.1, 0.15) is 0 Å². The lowest BCUT2D eigenvalue weighted by Gasteiger charge is -2.12. The number of nitrogens with one attached hydrogen (secondary N) is 1. The van der Waals surface area contributed by atoms with Crippen LogP contribution in [0.5, 0.6) is 0 Å². The maximum absolute atomic E-state index is 11.9. The number of rotatable bonds is 5. The molecular weight excluding hydrogens is 228 g/mol. The highest BCUT2D eigenvalue weighted by Gasteiger charge is 2.12. The van der Waals surface area contributed by atoms with E-state index in [1.807, 2.05) is 25.9 Å². The molecule has 0 atom stereocenters. The minimum atomic E-state index is -0.0987. The molecule has 0 spiro atoms. The summed E-state index contributed by atoms with van der Waals surface area (Å²) in [6.45, 7) is 6.77. The number of anilines is 1. The van der Waals surface area contributed by atoms with Crippen molar-refractivity contribution < 1.29 is 4.79 Å². The average molecular weight is 250 g/mol. The zero-order valence-corrected chi connectivity index (χ0v) is 11.8. The van der Waals surface area contributed by atoms with E-state index in [1.165, 1.54) is 0 Å². The predicted molar refractivity (Wildman–Crippen MR) is 72.9 cm³/mol. The summed E-state index contributed by atoms with van der Waals surface area (Å²) in [6, 6.07) is 0. The number of carbonyl (C=O) groups is 1. The van der Waals surface area contributed by atoms with Crippen LogP contribution < -0.4 is 10.2 Å². The summed E-state index contributed by atoms with van der Waals surface area (Å²) in [5, 5.41) is 2.89. The molecule has 5 nitrogen and oxygen atoms in total. The van der Waals surface area contributed by atoms with Crippen molar-refractivity contribution in [1.82, 2.24) is 15.3 Å². The van der Waals surface area contributed by atoms with Crippen LogP contribution in [-0.4, -0.2) is 36.5 Å². The van der Waals surface area contributed by atoms with Crippen LogP contribution in [0, 0.1) is 12.8 Å².